The van der Waals surface area contributed by atoms with E-state index >= 15 is 0 Å². The van der Waals surface area contributed by atoms with E-state index in [1.54, 1.807) is 36.4 Å². The number of para-hydroxylation sites is 1. The zero-order chi connectivity index (χ0) is 14.1. The van der Waals surface area contributed by atoms with Crippen LogP contribution in [0.4, 0.5) is 5.69 Å². The molecule has 3 rings (SSSR count). The minimum absolute atomic E-state index is 0.298. The molecule has 0 unspecified atom stereocenters. The maximum atomic E-state index is 12.1. The summed E-state index contributed by atoms with van der Waals surface area (Å²) in [6, 6.07) is 12.2. The molecule has 0 aliphatic heterocycles. The Bertz CT molecular complexity index is 836. The van der Waals surface area contributed by atoms with Crippen molar-refractivity contribution in [3.8, 4) is 5.75 Å². The van der Waals surface area contributed by atoms with Crippen LogP contribution in [0, 0.1) is 4.77 Å². The van der Waals surface area contributed by atoms with Crippen molar-refractivity contribution in [2.75, 3.05) is 5.73 Å². The highest BCUT2D eigenvalue weighted by atomic mass is 32.1. The third-order valence-electron chi connectivity index (χ3n) is 2.91. The first kappa shape index (κ1) is 12.4. The average Bonchev–Trinajstić information content (AvgIpc) is 2.82. The van der Waals surface area contributed by atoms with Crippen molar-refractivity contribution in [1.82, 2.24) is 9.97 Å². The van der Waals surface area contributed by atoms with Gasteiger partial charge in [-0.2, -0.15) is 0 Å². The monoisotopic (exact) mass is 285 g/mol. The fraction of sp³-hybridized carbons (Fsp3) is 0. The zero-order valence-corrected chi connectivity index (χ0v) is 11.2. The van der Waals surface area contributed by atoms with Crippen molar-refractivity contribution in [2.24, 2.45) is 0 Å². The average molecular weight is 285 g/mol. The summed E-state index contributed by atoms with van der Waals surface area (Å²) in [5.41, 5.74) is 7.96. The quantitative estimate of drug-likeness (QED) is 0.292. The number of fused-ring (bicyclic) bond motifs is 1. The number of benzene rings is 2. The molecule has 0 radical (unpaired) electrons. The SMILES string of the molecule is Nc1c(C(=O)Oc2ccccc2)ccc2[nH]c(=S)[nH]c12. The largest absolute Gasteiger partial charge is 0.423 e. The first-order valence-corrected chi connectivity index (χ1v) is 6.33. The number of rotatable bonds is 2. The van der Waals surface area contributed by atoms with Gasteiger partial charge in [-0.3, -0.25) is 0 Å². The van der Waals surface area contributed by atoms with E-state index in [-0.39, 0.29) is 0 Å². The van der Waals surface area contributed by atoms with E-state index in [2.05, 4.69) is 9.97 Å². The Morgan fingerprint density at radius 2 is 1.85 bits per heavy atom. The highest BCUT2D eigenvalue weighted by Gasteiger charge is 2.15. The molecule has 100 valence electrons. The lowest BCUT2D eigenvalue weighted by atomic mass is 10.1. The van der Waals surface area contributed by atoms with Crippen LogP contribution in [0.15, 0.2) is 42.5 Å². The second kappa shape index (κ2) is 4.82. The number of imidazole rings is 1. The van der Waals surface area contributed by atoms with E-state index in [9.17, 15) is 4.79 Å². The molecule has 1 aromatic heterocycles. The molecule has 5 nitrogen and oxygen atoms in total. The summed E-state index contributed by atoms with van der Waals surface area (Å²) in [4.78, 5) is 18.0. The number of carbonyl (C=O) groups excluding carboxylic acids is 1. The molecule has 0 saturated carbocycles. The van der Waals surface area contributed by atoms with Gasteiger partial charge in [0.2, 0.25) is 0 Å². The molecule has 3 aromatic rings. The summed E-state index contributed by atoms with van der Waals surface area (Å²) in [5, 5.41) is 0. The van der Waals surface area contributed by atoms with E-state index in [0.29, 0.717) is 27.3 Å². The number of H-pyrrole nitrogens is 2. The first-order valence-electron chi connectivity index (χ1n) is 5.93. The second-order valence-corrected chi connectivity index (χ2v) is 4.64. The Morgan fingerprint density at radius 3 is 2.60 bits per heavy atom. The van der Waals surface area contributed by atoms with E-state index in [0.717, 1.165) is 5.52 Å². The predicted molar refractivity (Wildman–Crippen MR) is 79.3 cm³/mol. The number of hydrogen-bond donors (Lipinski definition) is 3. The van der Waals surface area contributed by atoms with Gasteiger partial charge in [-0.05, 0) is 36.5 Å². The minimum atomic E-state index is -0.504. The van der Waals surface area contributed by atoms with E-state index in [1.807, 2.05) is 6.07 Å². The molecule has 4 N–H and O–H groups in total. The number of esters is 1. The normalized spacial score (nSPS) is 10.6. The molecule has 0 saturated heterocycles. The lowest BCUT2D eigenvalue weighted by molar-refractivity contribution is 0.0736. The summed E-state index contributed by atoms with van der Waals surface area (Å²) in [6.45, 7) is 0. The van der Waals surface area contributed by atoms with Gasteiger partial charge in [0.1, 0.15) is 5.75 Å². The fourth-order valence-electron chi connectivity index (χ4n) is 1.95. The topological polar surface area (TPSA) is 83.9 Å². The maximum Gasteiger partial charge on any atom is 0.345 e. The number of nitrogens with one attached hydrogen (secondary N) is 2. The number of carbonyl (C=O) groups is 1. The van der Waals surface area contributed by atoms with Gasteiger partial charge in [0, 0.05) is 0 Å². The molecule has 1 heterocycles. The molecule has 0 atom stereocenters. The van der Waals surface area contributed by atoms with Crippen LogP contribution in [-0.2, 0) is 0 Å². The van der Waals surface area contributed by atoms with Gasteiger partial charge in [-0.25, -0.2) is 4.79 Å². The molecule has 0 amide bonds. The third-order valence-corrected chi connectivity index (χ3v) is 3.11. The molecule has 6 heteroatoms. The Hall–Kier alpha value is -2.60. The first-order chi connectivity index (χ1) is 9.65. The molecular weight excluding hydrogens is 274 g/mol. The van der Waals surface area contributed by atoms with Crippen molar-refractivity contribution in [1.29, 1.82) is 0 Å². The van der Waals surface area contributed by atoms with Crippen molar-refractivity contribution in [3.63, 3.8) is 0 Å². The summed E-state index contributed by atoms with van der Waals surface area (Å²) < 4.78 is 5.73. The van der Waals surface area contributed by atoms with Crippen LogP contribution in [0.25, 0.3) is 11.0 Å². The zero-order valence-electron chi connectivity index (χ0n) is 10.3. The minimum Gasteiger partial charge on any atom is -0.423 e. The number of aromatic nitrogens is 2. The molecule has 0 aliphatic carbocycles. The number of aromatic amines is 2. The number of nitrogen functional groups attached to an aromatic ring is 1. The summed E-state index contributed by atoms with van der Waals surface area (Å²) in [7, 11) is 0. The van der Waals surface area contributed by atoms with Crippen LogP contribution in [0.5, 0.6) is 5.75 Å². The van der Waals surface area contributed by atoms with Crippen LogP contribution in [0.1, 0.15) is 10.4 Å². The van der Waals surface area contributed by atoms with Crippen molar-refractivity contribution in [3.05, 3.63) is 52.8 Å². The van der Waals surface area contributed by atoms with Crippen LogP contribution >= 0.6 is 12.2 Å². The second-order valence-electron chi connectivity index (χ2n) is 4.23. The van der Waals surface area contributed by atoms with Gasteiger partial charge in [0.15, 0.2) is 4.77 Å². The molecule has 0 bridgehead atoms. The van der Waals surface area contributed by atoms with E-state index < -0.39 is 5.97 Å². The summed E-state index contributed by atoms with van der Waals surface area (Å²) in [5.74, 6) is -0.0323. The van der Waals surface area contributed by atoms with Gasteiger partial charge in [0.25, 0.3) is 0 Å². The molecule has 0 spiro atoms. The van der Waals surface area contributed by atoms with E-state index in [4.69, 9.17) is 22.7 Å². The molecule has 0 aliphatic rings. The molecule has 0 fully saturated rings. The van der Waals surface area contributed by atoms with E-state index in [1.165, 1.54) is 0 Å². The van der Waals surface area contributed by atoms with Crippen LogP contribution in [0.2, 0.25) is 0 Å². The van der Waals surface area contributed by atoms with Gasteiger partial charge in [0.05, 0.1) is 22.3 Å². The Morgan fingerprint density at radius 1 is 1.10 bits per heavy atom. The third kappa shape index (κ3) is 2.17. The lowest BCUT2D eigenvalue weighted by Crippen LogP contribution is -2.11. The van der Waals surface area contributed by atoms with Crippen molar-refractivity contribution >= 4 is 34.9 Å². The summed E-state index contributed by atoms with van der Waals surface area (Å²) in [6.07, 6.45) is 0. The van der Waals surface area contributed by atoms with Crippen molar-refractivity contribution < 1.29 is 9.53 Å². The Kier molecular flexibility index (Phi) is 3.00. The van der Waals surface area contributed by atoms with Crippen LogP contribution < -0.4 is 10.5 Å². The lowest BCUT2D eigenvalue weighted by Gasteiger charge is -2.07. The maximum absolute atomic E-state index is 12.1. The molecular formula is C14H11N3O2S. The van der Waals surface area contributed by atoms with Crippen LogP contribution in [0.3, 0.4) is 0 Å². The highest BCUT2D eigenvalue weighted by Crippen LogP contribution is 2.23. The molecule has 2 aromatic carbocycles. The van der Waals surface area contributed by atoms with Crippen molar-refractivity contribution in [2.45, 2.75) is 0 Å². The fourth-order valence-corrected chi connectivity index (χ4v) is 2.17. The smallest absolute Gasteiger partial charge is 0.345 e. The van der Waals surface area contributed by atoms with Gasteiger partial charge < -0.3 is 20.4 Å². The Balaban J connectivity index is 1.99. The van der Waals surface area contributed by atoms with Gasteiger partial charge in [-0.15, -0.1) is 0 Å². The number of ether oxygens (including phenoxy) is 1. The predicted octanol–water partition coefficient (Wildman–Crippen LogP) is 3.03. The molecule has 20 heavy (non-hydrogen) atoms. The van der Waals surface area contributed by atoms with Gasteiger partial charge >= 0.3 is 5.97 Å². The highest BCUT2D eigenvalue weighted by molar-refractivity contribution is 7.71. The number of hydrogen-bond acceptors (Lipinski definition) is 4. The van der Waals surface area contributed by atoms with Crippen LogP contribution in [-0.4, -0.2) is 15.9 Å². The number of nitrogens with two attached hydrogens (primary N) is 1. The summed E-state index contributed by atoms with van der Waals surface area (Å²) >= 11 is 5.00. The number of anilines is 1. The Labute approximate surface area is 119 Å². The standard InChI is InChI=1S/C14H11N3O2S/c15-11-9(6-7-10-12(11)17-14(20)16-10)13(18)19-8-4-2-1-3-5-8/h1-7H,15H2,(H2,16,17,20). The van der Waals surface area contributed by atoms with Gasteiger partial charge in [-0.1, -0.05) is 18.2 Å².